The molecule has 0 bridgehead atoms. The number of carbonyl (C=O) groups excluding carboxylic acids is 2. The SMILES string of the molecule is COC(=CSC)C(=O)C(=O)SC. The predicted octanol–water partition coefficient (Wildman–Crippen LogP) is 1.30. The Kier molecular flexibility index (Phi) is 5.92. The predicted molar refractivity (Wildman–Crippen MR) is 52.1 cm³/mol. The summed E-state index contributed by atoms with van der Waals surface area (Å²) in [5.74, 6) is -0.485. The fourth-order valence-corrected chi connectivity index (χ4v) is 1.20. The average molecular weight is 206 g/mol. The topological polar surface area (TPSA) is 43.4 Å². The number of hydrogen-bond acceptors (Lipinski definition) is 5. The molecule has 12 heavy (non-hydrogen) atoms. The van der Waals surface area contributed by atoms with Crippen LogP contribution in [-0.4, -0.2) is 30.5 Å². The van der Waals surface area contributed by atoms with Gasteiger partial charge >= 0.3 is 0 Å². The zero-order chi connectivity index (χ0) is 9.56. The van der Waals surface area contributed by atoms with Crippen molar-refractivity contribution in [1.29, 1.82) is 0 Å². The minimum atomic E-state index is -0.584. The Morgan fingerprint density at radius 3 is 2.25 bits per heavy atom. The molecular formula is C7H10O3S2. The van der Waals surface area contributed by atoms with Crippen molar-refractivity contribution in [3.63, 3.8) is 0 Å². The van der Waals surface area contributed by atoms with Crippen LogP contribution in [0.4, 0.5) is 0 Å². The maximum absolute atomic E-state index is 11.1. The second kappa shape index (κ2) is 6.14. The maximum Gasteiger partial charge on any atom is 0.274 e. The first-order valence-electron chi connectivity index (χ1n) is 3.07. The quantitative estimate of drug-likeness (QED) is 0.394. The van der Waals surface area contributed by atoms with E-state index in [9.17, 15) is 9.59 Å². The van der Waals surface area contributed by atoms with Crippen LogP contribution in [0.3, 0.4) is 0 Å². The van der Waals surface area contributed by atoms with Crippen molar-refractivity contribution in [2.75, 3.05) is 19.6 Å². The minimum absolute atomic E-state index is 0.0989. The molecule has 0 aromatic heterocycles. The van der Waals surface area contributed by atoms with Crippen LogP contribution in [0, 0.1) is 0 Å². The molecule has 0 saturated heterocycles. The second-order valence-corrected chi connectivity index (χ2v) is 3.23. The van der Waals surface area contributed by atoms with E-state index in [1.165, 1.54) is 24.3 Å². The average Bonchev–Trinajstić information content (AvgIpc) is 2.11. The van der Waals surface area contributed by atoms with E-state index < -0.39 is 10.9 Å². The Balaban J connectivity index is 4.43. The zero-order valence-electron chi connectivity index (χ0n) is 7.12. The molecule has 5 heteroatoms. The largest absolute Gasteiger partial charge is 0.492 e. The van der Waals surface area contributed by atoms with Crippen LogP contribution < -0.4 is 0 Å². The first-order valence-corrected chi connectivity index (χ1v) is 5.58. The molecule has 0 fully saturated rings. The normalized spacial score (nSPS) is 11.1. The number of Topliss-reactive ketones (excluding diaryl/α,β-unsaturated/α-hetero) is 1. The molecule has 0 rings (SSSR count). The van der Waals surface area contributed by atoms with E-state index in [4.69, 9.17) is 4.74 Å². The number of thioether (sulfide) groups is 2. The first-order chi connectivity index (χ1) is 5.67. The number of ketones is 1. The van der Waals surface area contributed by atoms with Gasteiger partial charge in [-0.1, -0.05) is 11.8 Å². The van der Waals surface area contributed by atoms with Crippen molar-refractivity contribution in [3.05, 3.63) is 11.2 Å². The van der Waals surface area contributed by atoms with Gasteiger partial charge in [-0.3, -0.25) is 9.59 Å². The van der Waals surface area contributed by atoms with Crippen LogP contribution in [0.2, 0.25) is 0 Å². The highest BCUT2D eigenvalue weighted by Gasteiger charge is 2.17. The van der Waals surface area contributed by atoms with Gasteiger partial charge in [-0.2, -0.15) is 0 Å². The van der Waals surface area contributed by atoms with E-state index in [2.05, 4.69) is 0 Å². The molecular weight excluding hydrogens is 196 g/mol. The molecule has 0 aromatic carbocycles. The lowest BCUT2D eigenvalue weighted by Crippen LogP contribution is -2.13. The van der Waals surface area contributed by atoms with Crippen LogP contribution in [0.15, 0.2) is 11.2 Å². The molecule has 0 aliphatic rings. The highest BCUT2D eigenvalue weighted by atomic mass is 32.2. The summed E-state index contributed by atoms with van der Waals surface area (Å²) < 4.78 is 4.73. The van der Waals surface area contributed by atoms with E-state index >= 15 is 0 Å². The number of rotatable bonds is 4. The molecule has 68 valence electrons. The van der Waals surface area contributed by atoms with E-state index in [1.54, 1.807) is 12.5 Å². The van der Waals surface area contributed by atoms with Gasteiger partial charge in [0.15, 0.2) is 5.76 Å². The van der Waals surface area contributed by atoms with Crippen molar-refractivity contribution in [3.8, 4) is 0 Å². The van der Waals surface area contributed by atoms with Crippen molar-refractivity contribution >= 4 is 34.4 Å². The Labute approximate surface area is 79.9 Å². The van der Waals surface area contributed by atoms with Gasteiger partial charge < -0.3 is 4.74 Å². The monoisotopic (exact) mass is 206 g/mol. The van der Waals surface area contributed by atoms with Crippen molar-refractivity contribution < 1.29 is 14.3 Å². The molecule has 0 aliphatic carbocycles. The maximum atomic E-state index is 11.1. The molecule has 0 aromatic rings. The lowest BCUT2D eigenvalue weighted by molar-refractivity contribution is -0.131. The van der Waals surface area contributed by atoms with Crippen LogP contribution in [0.25, 0.3) is 0 Å². The minimum Gasteiger partial charge on any atom is -0.492 e. The third-order valence-corrected chi connectivity index (χ3v) is 2.05. The van der Waals surface area contributed by atoms with Gasteiger partial charge in [-0.05, 0) is 12.5 Å². The molecule has 0 atom stereocenters. The molecule has 0 aliphatic heterocycles. The fraction of sp³-hybridized carbons (Fsp3) is 0.429. The van der Waals surface area contributed by atoms with E-state index in [-0.39, 0.29) is 5.76 Å². The van der Waals surface area contributed by atoms with Gasteiger partial charge in [0.1, 0.15) is 0 Å². The van der Waals surface area contributed by atoms with E-state index in [0.717, 1.165) is 11.8 Å². The summed E-state index contributed by atoms with van der Waals surface area (Å²) in [5.41, 5.74) is 0. The molecule has 0 heterocycles. The van der Waals surface area contributed by atoms with Gasteiger partial charge in [0.2, 0.25) is 0 Å². The van der Waals surface area contributed by atoms with Crippen LogP contribution in [0.5, 0.6) is 0 Å². The summed E-state index contributed by atoms with van der Waals surface area (Å²) in [6.45, 7) is 0. The Morgan fingerprint density at radius 2 is 1.92 bits per heavy atom. The van der Waals surface area contributed by atoms with Crippen LogP contribution >= 0.6 is 23.5 Å². The lowest BCUT2D eigenvalue weighted by Gasteiger charge is -2.00. The molecule has 0 N–H and O–H groups in total. The lowest BCUT2D eigenvalue weighted by atomic mass is 10.4. The smallest absolute Gasteiger partial charge is 0.274 e. The molecule has 3 nitrogen and oxygen atoms in total. The van der Waals surface area contributed by atoms with Gasteiger partial charge in [-0.25, -0.2) is 0 Å². The van der Waals surface area contributed by atoms with E-state index in [0.29, 0.717) is 0 Å². The summed E-state index contributed by atoms with van der Waals surface area (Å²) >= 11 is 2.21. The zero-order valence-corrected chi connectivity index (χ0v) is 8.75. The van der Waals surface area contributed by atoms with Crippen LogP contribution in [-0.2, 0) is 14.3 Å². The van der Waals surface area contributed by atoms with Crippen molar-refractivity contribution in [2.24, 2.45) is 0 Å². The van der Waals surface area contributed by atoms with Crippen molar-refractivity contribution in [1.82, 2.24) is 0 Å². The van der Waals surface area contributed by atoms with Gasteiger partial charge in [0.05, 0.1) is 7.11 Å². The number of methoxy groups -OCH3 is 1. The third-order valence-electron chi connectivity index (χ3n) is 1.04. The Bertz CT molecular complexity index is 211. The Morgan fingerprint density at radius 1 is 1.33 bits per heavy atom. The summed E-state index contributed by atoms with van der Waals surface area (Å²) in [4.78, 5) is 22.0. The van der Waals surface area contributed by atoms with Gasteiger partial charge in [-0.15, -0.1) is 11.8 Å². The number of ether oxygens (including phenoxy) is 1. The fourth-order valence-electron chi connectivity index (χ4n) is 0.495. The van der Waals surface area contributed by atoms with Crippen LogP contribution in [0.1, 0.15) is 0 Å². The van der Waals surface area contributed by atoms with Gasteiger partial charge in [0, 0.05) is 5.41 Å². The highest BCUT2D eigenvalue weighted by Crippen LogP contribution is 2.09. The molecule has 0 unspecified atom stereocenters. The standard InChI is InChI=1S/C7H10O3S2/c1-10-5(4-11-2)6(8)7(9)12-3/h4H,1-3H3. The Hall–Kier alpha value is -0.420. The summed E-state index contributed by atoms with van der Waals surface area (Å²) in [7, 11) is 1.37. The second-order valence-electron chi connectivity index (χ2n) is 1.74. The molecule has 0 amide bonds. The molecule has 0 saturated carbocycles. The number of allylic oxidation sites excluding steroid dienone is 1. The molecule has 0 radical (unpaired) electrons. The number of carbonyl (C=O) groups is 2. The number of hydrogen-bond donors (Lipinski definition) is 0. The van der Waals surface area contributed by atoms with Crippen molar-refractivity contribution in [2.45, 2.75) is 0 Å². The summed E-state index contributed by atoms with van der Waals surface area (Å²) in [6.07, 6.45) is 3.35. The molecule has 0 spiro atoms. The first kappa shape index (κ1) is 11.6. The van der Waals surface area contributed by atoms with Gasteiger partial charge in [0.25, 0.3) is 10.9 Å². The third kappa shape index (κ3) is 3.32. The highest BCUT2D eigenvalue weighted by molar-refractivity contribution is 8.14. The van der Waals surface area contributed by atoms with E-state index in [1.807, 2.05) is 0 Å². The summed E-state index contributed by atoms with van der Waals surface area (Å²) in [5, 5.41) is 1.01. The summed E-state index contributed by atoms with van der Waals surface area (Å²) in [6, 6.07) is 0.